The van der Waals surface area contributed by atoms with E-state index in [4.69, 9.17) is 28.4 Å². The van der Waals surface area contributed by atoms with Crippen LogP contribution in [0, 0.1) is 40.5 Å². The van der Waals surface area contributed by atoms with Gasteiger partial charge < -0.3 is 33.5 Å². The van der Waals surface area contributed by atoms with Crippen molar-refractivity contribution in [1.29, 1.82) is 0 Å². The second-order valence-corrected chi connectivity index (χ2v) is 14.2. The van der Waals surface area contributed by atoms with Gasteiger partial charge >= 0.3 is 17.9 Å². The van der Waals surface area contributed by atoms with Gasteiger partial charge in [-0.1, -0.05) is 54.6 Å². The van der Waals surface area contributed by atoms with Crippen molar-refractivity contribution < 1.29 is 67.6 Å². The molecule has 5 rings (SSSR count). The van der Waals surface area contributed by atoms with E-state index in [0.717, 1.165) is 12.1 Å². The van der Waals surface area contributed by atoms with Crippen LogP contribution in [0.1, 0.15) is 53.1 Å². The average Bonchev–Trinajstić information content (AvgIpc) is 3.32. The van der Waals surface area contributed by atoms with Crippen molar-refractivity contribution in [1.82, 2.24) is 4.98 Å². The second-order valence-electron chi connectivity index (χ2n) is 14.2. The zero-order chi connectivity index (χ0) is 48.7. The van der Waals surface area contributed by atoms with Crippen LogP contribution in [0.2, 0.25) is 0 Å². The first-order chi connectivity index (χ1) is 32.1. The van der Waals surface area contributed by atoms with Gasteiger partial charge in [0.05, 0.1) is 84.3 Å². The molecule has 350 valence electrons. The van der Waals surface area contributed by atoms with Crippen LogP contribution in [-0.4, -0.2) is 94.4 Å². The first-order valence-electron chi connectivity index (χ1n) is 19.9. The first kappa shape index (κ1) is 49.6. The molecule has 0 aliphatic carbocycles. The van der Waals surface area contributed by atoms with E-state index in [1.165, 1.54) is 14.2 Å². The molecule has 5 aromatic rings. The van der Waals surface area contributed by atoms with Crippen LogP contribution in [0.25, 0.3) is 0 Å². The maximum atomic E-state index is 13.8. The van der Waals surface area contributed by atoms with Crippen molar-refractivity contribution in [2.75, 3.05) is 40.6 Å². The van der Waals surface area contributed by atoms with Crippen LogP contribution in [0.4, 0.5) is 22.7 Å². The first-order valence-corrected chi connectivity index (χ1v) is 19.9. The molecule has 0 saturated carbocycles. The maximum absolute atomic E-state index is 13.8. The fraction of sp³-hybridized carbons (Fsp3) is 0.273. The molecular formula is C44H41N5O18. The molecule has 0 spiro atoms. The zero-order valence-electron chi connectivity index (χ0n) is 35.6. The van der Waals surface area contributed by atoms with Crippen molar-refractivity contribution in [3.8, 4) is 11.5 Å². The van der Waals surface area contributed by atoms with Gasteiger partial charge in [0.15, 0.2) is 0 Å². The number of carboxylic acids is 1. The number of pyridine rings is 1. The highest BCUT2D eigenvalue weighted by molar-refractivity contribution is 5.85. The summed E-state index contributed by atoms with van der Waals surface area (Å²) in [5, 5.41) is 56.2. The molecule has 1 aromatic heterocycles. The van der Waals surface area contributed by atoms with Crippen LogP contribution < -0.4 is 9.47 Å². The van der Waals surface area contributed by atoms with Gasteiger partial charge in [-0.2, -0.15) is 0 Å². The number of hydrogen-bond donors (Lipinski definition) is 1. The van der Waals surface area contributed by atoms with Crippen LogP contribution in [0.3, 0.4) is 0 Å². The standard InChI is InChI=1S/C44H41N5O18/c1-62-33-14-9-29(10-15-33)44(28-7-4-3-5-8-28,30-11-16-34(63-2)17-12-30)66-27-35(67-40(52)20-19-39(50)51)26-64-21-6-22-65-43(53)41(36-18-13-31(46(54)55)23-37(36)48(58)59)42-38(49(60)61)24-32(25-45-42)47(56)57/h3-5,7-18,23-25,35,41H,6,19-22,26-27H2,1-2H3,(H,50,51). The SMILES string of the molecule is COc1ccc(C(OCC(COCCCOC(=O)C(c2ccc([N+](=O)[O-])cc2[N+](=O)[O-])c2ncc([N+](=O)[O-])cc2[N+](=O)[O-])OC(=O)CCC(=O)O)(c2ccccc2)c2ccc(OC)cc2)cc1. The number of nitro benzene ring substituents is 2. The van der Waals surface area contributed by atoms with Crippen molar-refractivity contribution in [3.05, 3.63) is 178 Å². The lowest BCUT2D eigenvalue weighted by Gasteiger charge is -2.37. The number of carbonyl (C=O) groups is 3. The van der Waals surface area contributed by atoms with Gasteiger partial charge in [0.2, 0.25) is 0 Å². The molecule has 2 unspecified atom stereocenters. The minimum Gasteiger partial charge on any atom is -0.497 e. The third-order valence-corrected chi connectivity index (χ3v) is 10.0. The van der Waals surface area contributed by atoms with Gasteiger partial charge in [-0.25, -0.2) is 4.98 Å². The Morgan fingerprint density at radius 3 is 1.78 bits per heavy atom. The molecule has 0 radical (unpaired) electrons. The highest BCUT2D eigenvalue weighted by Crippen LogP contribution is 2.42. The molecule has 1 heterocycles. The molecule has 0 bridgehead atoms. The third-order valence-electron chi connectivity index (χ3n) is 10.0. The summed E-state index contributed by atoms with van der Waals surface area (Å²) in [5.74, 6) is -4.38. The Hall–Kier alpha value is -8.44. The highest BCUT2D eigenvalue weighted by atomic mass is 16.6. The number of hydrogen-bond acceptors (Lipinski definition) is 18. The lowest BCUT2D eigenvalue weighted by Crippen LogP contribution is -2.38. The van der Waals surface area contributed by atoms with Crippen LogP contribution >= 0.6 is 0 Å². The largest absolute Gasteiger partial charge is 0.497 e. The lowest BCUT2D eigenvalue weighted by molar-refractivity contribution is -0.395. The number of rotatable bonds is 25. The number of esters is 2. The van der Waals surface area contributed by atoms with E-state index >= 15 is 0 Å². The van der Waals surface area contributed by atoms with E-state index in [2.05, 4.69) is 4.98 Å². The summed E-state index contributed by atoms with van der Waals surface area (Å²) >= 11 is 0. The van der Waals surface area contributed by atoms with Crippen molar-refractivity contribution in [2.24, 2.45) is 0 Å². The number of nitrogens with zero attached hydrogens (tertiary/aromatic N) is 5. The predicted octanol–water partition coefficient (Wildman–Crippen LogP) is 6.60. The van der Waals surface area contributed by atoms with Crippen LogP contribution in [0.5, 0.6) is 11.5 Å². The van der Waals surface area contributed by atoms with Gasteiger partial charge in [0.25, 0.3) is 22.7 Å². The van der Waals surface area contributed by atoms with Gasteiger partial charge in [-0.05, 0) is 47.0 Å². The summed E-state index contributed by atoms with van der Waals surface area (Å²) in [6, 6.07) is 26.1. The molecule has 0 fully saturated rings. The number of non-ortho nitro benzene ring substituents is 1. The Bertz CT molecular complexity index is 2470. The van der Waals surface area contributed by atoms with Gasteiger partial charge in [0.1, 0.15) is 41.0 Å². The minimum absolute atomic E-state index is 0.0945. The quantitative estimate of drug-likeness (QED) is 0.0212. The normalized spacial score (nSPS) is 12.0. The van der Waals surface area contributed by atoms with E-state index in [1.807, 2.05) is 54.6 Å². The zero-order valence-corrected chi connectivity index (χ0v) is 35.6. The number of aromatic nitrogens is 1. The summed E-state index contributed by atoms with van der Waals surface area (Å²) < 4.78 is 34.5. The summed E-state index contributed by atoms with van der Waals surface area (Å²) in [4.78, 5) is 84.7. The third kappa shape index (κ3) is 12.4. The number of carboxylic acid groups (broad SMARTS) is 1. The molecule has 0 aliphatic heterocycles. The van der Waals surface area contributed by atoms with Crippen LogP contribution in [0.15, 0.2) is 109 Å². The predicted molar refractivity (Wildman–Crippen MR) is 231 cm³/mol. The molecule has 67 heavy (non-hydrogen) atoms. The summed E-state index contributed by atoms with van der Waals surface area (Å²) in [7, 11) is 3.04. The Morgan fingerprint density at radius 1 is 0.672 bits per heavy atom. The number of ether oxygens (including phenoxy) is 6. The van der Waals surface area contributed by atoms with Crippen LogP contribution in [-0.2, 0) is 38.9 Å². The number of nitro groups is 4. The summed E-state index contributed by atoms with van der Waals surface area (Å²) in [6.07, 6.45) is -1.65. The minimum atomic E-state index is -2.07. The monoisotopic (exact) mass is 927 g/mol. The van der Waals surface area contributed by atoms with E-state index in [0.29, 0.717) is 46.5 Å². The summed E-state index contributed by atoms with van der Waals surface area (Å²) in [5.41, 5.74) is -4.38. The topological polar surface area (TPSA) is 312 Å². The highest BCUT2D eigenvalue weighted by Gasteiger charge is 2.41. The van der Waals surface area contributed by atoms with Gasteiger partial charge in [-0.3, -0.25) is 54.8 Å². The average molecular weight is 928 g/mol. The van der Waals surface area contributed by atoms with E-state index in [9.17, 15) is 59.9 Å². The Morgan fingerprint density at radius 2 is 1.24 bits per heavy atom. The van der Waals surface area contributed by atoms with Gasteiger partial charge in [-0.15, -0.1) is 0 Å². The number of methoxy groups -OCH3 is 2. The number of benzene rings is 4. The van der Waals surface area contributed by atoms with E-state index in [-0.39, 0.29) is 26.2 Å². The van der Waals surface area contributed by atoms with Crippen molar-refractivity contribution in [3.63, 3.8) is 0 Å². The molecule has 1 N–H and O–H groups in total. The van der Waals surface area contributed by atoms with Crippen molar-refractivity contribution >= 4 is 40.7 Å². The Balaban J connectivity index is 1.39. The molecule has 23 heteroatoms. The summed E-state index contributed by atoms with van der Waals surface area (Å²) in [6.45, 7) is -1.34. The molecule has 0 amide bonds. The molecular weight excluding hydrogens is 887 g/mol. The maximum Gasteiger partial charge on any atom is 0.320 e. The van der Waals surface area contributed by atoms with E-state index < -0.39 is 109 Å². The molecule has 0 saturated heterocycles. The van der Waals surface area contributed by atoms with Gasteiger partial charge in [0, 0.05) is 19.1 Å². The molecule has 23 nitrogen and oxygen atoms in total. The number of aliphatic carboxylic acids is 1. The fourth-order valence-electron chi connectivity index (χ4n) is 6.85. The van der Waals surface area contributed by atoms with E-state index in [1.54, 1.807) is 24.3 Å². The Kier molecular flexibility index (Phi) is 17.0. The second kappa shape index (κ2) is 23.0. The molecule has 0 aliphatic rings. The number of carbonyl (C=O) groups excluding carboxylic acids is 2. The smallest absolute Gasteiger partial charge is 0.320 e. The Labute approximate surface area is 379 Å². The lowest BCUT2D eigenvalue weighted by atomic mass is 9.80. The molecule has 4 aromatic carbocycles. The van der Waals surface area contributed by atoms with Crippen molar-refractivity contribution in [2.45, 2.75) is 36.9 Å². The fourth-order valence-corrected chi connectivity index (χ4v) is 6.85. The molecule has 2 atom stereocenters.